The first-order valence-electron chi connectivity index (χ1n) is 6.91. The molecule has 16 heavy (non-hydrogen) atoms. The Hall–Kier alpha value is -0.780. The second-order valence-electron chi connectivity index (χ2n) is 5.30. The lowest BCUT2D eigenvalue weighted by Crippen LogP contribution is -2.12. The summed E-state index contributed by atoms with van der Waals surface area (Å²) in [6.07, 6.45) is 8.33. The predicted octanol–water partition coefficient (Wildman–Crippen LogP) is 5.25. The van der Waals surface area contributed by atoms with Crippen molar-refractivity contribution >= 4 is 0 Å². The van der Waals surface area contributed by atoms with Crippen LogP contribution in [0.5, 0.6) is 0 Å². The van der Waals surface area contributed by atoms with Gasteiger partial charge in [-0.05, 0) is 42.2 Å². The summed E-state index contributed by atoms with van der Waals surface area (Å²) in [6, 6.07) is 9.11. The summed E-state index contributed by atoms with van der Waals surface area (Å²) in [5.74, 6) is 1.62. The third-order valence-electron chi connectivity index (χ3n) is 4.07. The summed E-state index contributed by atoms with van der Waals surface area (Å²) in [5.41, 5.74) is 3.27. The van der Waals surface area contributed by atoms with Crippen LogP contribution >= 0.6 is 0 Å². The Balaban J connectivity index is 2.09. The highest BCUT2D eigenvalue weighted by Crippen LogP contribution is 2.40. The van der Waals surface area contributed by atoms with Crippen LogP contribution in [0.4, 0.5) is 0 Å². The molecular weight excluding hydrogens is 192 g/mol. The maximum atomic E-state index is 2.38. The highest BCUT2D eigenvalue weighted by molar-refractivity contribution is 5.35. The average Bonchev–Trinajstić information content (AvgIpc) is 2.33. The van der Waals surface area contributed by atoms with Gasteiger partial charge in [0.2, 0.25) is 0 Å². The number of fused-ring (bicyclic) bond motifs is 1. The third kappa shape index (κ3) is 2.48. The number of benzene rings is 1. The standard InChI is InChI=1S/C16H24/c1-3-4-5-8-14-12-11-13(2)15-9-6-7-10-16(14)15/h6-7,9-10,13-14H,3-5,8,11-12H2,1-2H3. The van der Waals surface area contributed by atoms with Crippen molar-refractivity contribution in [2.24, 2.45) is 0 Å². The minimum Gasteiger partial charge on any atom is -0.0654 e. The maximum absolute atomic E-state index is 2.38. The summed E-state index contributed by atoms with van der Waals surface area (Å²) in [4.78, 5) is 0. The van der Waals surface area contributed by atoms with Crippen LogP contribution in [0, 0.1) is 0 Å². The molecule has 0 fully saturated rings. The Kier molecular flexibility index (Phi) is 4.04. The van der Waals surface area contributed by atoms with Crippen LogP contribution in [-0.4, -0.2) is 0 Å². The van der Waals surface area contributed by atoms with Gasteiger partial charge in [-0.25, -0.2) is 0 Å². The molecule has 0 saturated heterocycles. The molecule has 88 valence electrons. The van der Waals surface area contributed by atoms with Gasteiger partial charge in [0.25, 0.3) is 0 Å². The van der Waals surface area contributed by atoms with Crippen LogP contribution in [-0.2, 0) is 0 Å². The summed E-state index contributed by atoms with van der Waals surface area (Å²) in [5, 5.41) is 0. The molecule has 0 heteroatoms. The van der Waals surface area contributed by atoms with Crippen LogP contribution in [0.15, 0.2) is 24.3 Å². The molecule has 1 aliphatic rings. The maximum Gasteiger partial charge on any atom is -0.0159 e. The quantitative estimate of drug-likeness (QED) is 0.603. The van der Waals surface area contributed by atoms with E-state index in [0.717, 1.165) is 11.8 Å². The van der Waals surface area contributed by atoms with Gasteiger partial charge in [-0.3, -0.25) is 0 Å². The Labute approximate surface area is 100 Å². The van der Waals surface area contributed by atoms with Crippen molar-refractivity contribution in [2.45, 2.75) is 64.2 Å². The zero-order valence-electron chi connectivity index (χ0n) is 10.7. The normalized spacial score (nSPS) is 24.1. The fourth-order valence-electron chi connectivity index (χ4n) is 3.03. The number of hydrogen-bond donors (Lipinski definition) is 0. The molecular formula is C16H24. The predicted molar refractivity (Wildman–Crippen MR) is 71.0 cm³/mol. The fraction of sp³-hybridized carbons (Fsp3) is 0.625. The van der Waals surface area contributed by atoms with E-state index in [2.05, 4.69) is 38.1 Å². The van der Waals surface area contributed by atoms with E-state index in [1.54, 1.807) is 11.1 Å². The van der Waals surface area contributed by atoms with Crippen LogP contribution in [0.1, 0.15) is 75.3 Å². The van der Waals surface area contributed by atoms with Crippen molar-refractivity contribution < 1.29 is 0 Å². The molecule has 0 saturated carbocycles. The summed E-state index contributed by atoms with van der Waals surface area (Å²) < 4.78 is 0. The van der Waals surface area contributed by atoms with Gasteiger partial charge in [0.05, 0.1) is 0 Å². The Morgan fingerprint density at radius 2 is 1.81 bits per heavy atom. The highest BCUT2D eigenvalue weighted by atomic mass is 14.3. The van der Waals surface area contributed by atoms with Crippen molar-refractivity contribution in [3.63, 3.8) is 0 Å². The van der Waals surface area contributed by atoms with Crippen molar-refractivity contribution in [2.75, 3.05) is 0 Å². The molecule has 0 aromatic heterocycles. The zero-order valence-corrected chi connectivity index (χ0v) is 10.7. The first-order chi connectivity index (χ1) is 7.83. The van der Waals surface area contributed by atoms with E-state index in [1.165, 1.54) is 38.5 Å². The minimum atomic E-state index is 0.777. The molecule has 2 atom stereocenters. The average molecular weight is 216 g/mol. The fourth-order valence-corrected chi connectivity index (χ4v) is 3.03. The Morgan fingerprint density at radius 1 is 1.06 bits per heavy atom. The molecule has 0 N–H and O–H groups in total. The molecule has 2 rings (SSSR count). The number of rotatable bonds is 4. The first kappa shape index (κ1) is 11.7. The Bertz CT molecular complexity index is 327. The molecule has 0 amide bonds. The lowest BCUT2D eigenvalue weighted by molar-refractivity contribution is 0.462. The van der Waals surface area contributed by atoms with Crippen molar-refractivity contribution in [1.29, 1.82) is 0 Å². The SMILES string of the molecule is CCCCCC1CCC(C)c2ccccc21. The van der Waals surface area contributed by atoms with Crippen molar-refractivity contribution in [1.82, 2.24) is 0 Å². The van der Waals surface area contributed by atoms with Crippen molar-refractivity contribution in [3.8, 4) is 0 Å². The van der Waals surface area contributed by atoms with E-state index >= 15 is 0 Å². The van der Waals surface area contributed by atoms with E-state index in [-0.39, 0.29) is 0 Å². The molecule has 0 aliphatic heterocycles. The smallest absolute Gasteiger partial charge is 0.0159 e. The molecule has 0 bridgehead atoms. The van der Waals surface area contributed by atoms with Gasteiger partial charge >= 0.3 is 0 Å². The largest absolute Gasteiger partial charge is 0.0654 e. The Morgan fingerprint density at radius 3 is 2.56 bits per heavy atom. The number of unbranched alkanes of at least 4 members (excludes halogenated alkanes) is 2. The molecule has 1 aromatic rings. The van der Waals surface area contributed by atoms with Gasteiger partial charge in [0, 0.05) is 0 Å². The monoisotopic (exact) mass is 216 g/mol. The van der Waals surface area contributed by atoms with Gasteiger partial charge in [-0.1, -0.05) is 57.4 Å². The van der Waals surface area contributed by atoms with Crippen molar-refractivity contribution in [3.05, 3.63) is 35.4 Å². The van der Waals surface area contributed by atoms with E-state index < -0.39 is 0 Å². The molecule has 0 heterocycles. The second kappa shape index (κ2) is 5.52. The summed E-state index contributed by atoms with van der Waals surface area (Å²) in [7, 11) is 0. The van der Waals surface area contributed by atoms with E-state index in [9.17, 15) is 0 Å². The van der Waals surface area contributed by atoms with Gasteiger partial charge in [-0.15, -0.1) is 0 Å². The van der Waals surface area contributed by atoms with E-state index in [1.807, 2.05) is 0 Å². The molecule has 0 spiro atoms. The van der Waals surface area contributed by atoms with Gasteiger partial charge < -0.3 is 0 Å². The lowest BCUT2D eigenvalue weighted by atomic mass is 9.75. The highest BCUT2D eigenvalue weighted by Gasteiger charge is 2.23. The lowest BCUT2D eigenvalue weighted by Gasteiger charge is -2.29. The van der Waals surface area contributed by atoms with E-state index in [4.69, 9.17) is 0 Å². The van der Waals surface area contributed by atoms with Gasteiger partial charge in [-0.2, -0.15) is 0 Å². The first-order valence-corrected chi connectivity index (χ1v) is 6.91. The minimum absolute atomic E-state index is 0.777. The summed E-state index contributed by atoms with van der Waals surface area (Å²) >= 11 is 0. The van der Waals surface area contributed by atoms with Crippen LogP contribution in [0.2, 0.25) is 0 Å². The van der Waals surface area contributed by atoms with Gasteiger partial charge in [0.15, 0.2) is 0 Å². The topological polar surface area (TPSA) is 0 Å². The summed E-state index contributed by atoms with van der Waals surface area (Å²) in [6.45, 7) is 4.66. The van der Waals surface area contributed by atoms with Crippen LogP contribution < -0.4 is 0 Å². The molecule has 1 aliphatic carbocycles. The van der Waals surface area contributed by atoms with Crippen LogP contribution in [0.25, 0.3) is 0 Å². The van der Waals surface area contributed by atoms with Crippen LogP contribution in [0.3, 0.4) is 0 Å². The molecule has 2 unspecified atom stereocenters. The number of hydrogen-bond acceptors (Lipinski definition) is 0. The second-order valence-corrected chi connectivity index (χ2v) is 5.30. The molecule has 1 aromatic carbocycles. The molecule has 0 nitrogen and oxygen atoms in total. The molecule has 0 radical (unpaired) electrons. The third-order valence-corrected chi connectivity index (χ3v) is 4.07. The van der Waals surface area contributed by atoms with E-state index in [0.29, 0.717) is 0 Å². The zero-order chi connectivity index (χ0) is 11.4. The van der Waals surface area contributed by atoms with Gasteiger partial charge in [0.1, 0.15) is 0 Å².